The zero-order chi connectivity index (χ0) is 11.4. The molecule has 0 bridgehead atoms. The first-order valence-electron chi connectivity index (χ1n) is 5.77. The van der Waals surface area contributed by atoms with Crippen LogP contribution in [0.25, 0.3) is 0 Å². The van der Waals surface area contributed by atoms with E-state index in [2.05, 4.69) is 36.7 Å². The van der Waals surface area contributed by atoms with Crippen LogP contribution in [0.5, 0.6) is 5.75 Å². The summed E-state index contributed by atoms with van der Waals surface area (Å²) in [4.78, 5) is 0. The van der Waals surface area contributed by atoms with Gasteiger partial charge in [-0.05, 0) is 12.3 Å². The lowest BCUT2D eigenvalue weighted by atomic mass is 9.92. The second-order valence-electron chi connectivity index (χ2n) is 4.25. The average Bonchev–Trinajstić information content (AvgIpc) is 2.32. The van der Waals surface area contributed by atoms with Crippen LogP contribution in [-0.4, -0.2) is 25.2 Å². The van der Waals surface area contributed by atoms with Crippen LogP contribution in [0.3, 0.4) is 0 Å². The Morgan fingerprint density at radius 3 is 3.06 bits per heavy atom. The average molecular weight is 237 g/mol. The van der Waals surface area contributed by atoms with Gasteiger partial charge in [-0.1, -0.05) is 25.1 Å². The first kappa shape index (κ1) is 11.8. The van der Waals surface area contributed by atoms with Crippen LogP contribution in [-0.2, 0) is 0 Å². The molecule has 0 aliphatic carbocycles. The van der Waals surface area contributed by atoms with Crippen molar-refractivity contribution in [3.05, 3.63) is 29.8 Å². The van der Waals surface area contributed by atoms with Gasteiger partial charge in [-0.15, -0.1) is 0 Å². The van der Waals surface area contributed by atoms with Gasteiger partial charge in [0.2, 0.25) is 0 Å². The Labute approximate surface area is 102 Å². The van der Waals surface area contributed by atoms with Crippen LogP contribution in [0.4, 0.5) is 0 Å². The Bertz CT molecular complexity index is 342. The SMILES string of the molecule is CSCCNC1c2ccccc2OCC1C. The highest BCUT2D eigenvalue weighted by Crippen LogP contribution is 2.34. The van der Waals surface area contributed by atoms with E-state index in [9.17, 15) is 0 Å². The monoisotopic (exact) mass is 237 g/mol. The summed E-state index contributed by atoms with van der Waals surface area (Å²) in [5.74, 6) is 2.74. The molecule has 3 heteroatoms. The van der Waals surface area contributed by atoms with Gasteiger partial charge in [0.25, 0.3) is 0 Å². The Hall–Kier alpha value is -0.670. The lowest BCUT2D eigenvalue weighted by molar-refractivity contribution is 0.190. The third kappa shape index (κ3) is 2.53. The molecule has 2 atom stereocenters. The standard InChI is InChI=1S/C13H19NOS/c1-10-9-15-12-6-4-3-5-11(12)13(10)14-7-8-16-2/h3-6,10,13-14H,7-9H2,1-2H3. The van der Waals surface area contributed by atoms with Gasteiger partial charge in [0.1, 0.15) is 5.75 Å². The minimum absolute atomic E-state index is 0.442. The summed E-state index contributed by atoms with van der Waals surface area (Å²) in [6.45, 7) is 4.12. The highest BCUT2D eigenvalue weighted by molar-refractivity contribution is 7.98. The van der Waals surface area contributed by atoms with Gasteiger partial charge < -0.3 is 10.1 Å². The third-order valence-electron chi connectivity index (χ3n) is 3.00. The van der Waals surface area contributed by atoms with E-state index >= 15 is 0 Å². The Morgan fingerprint density at radius 1 is 1.44 bits per heavy atom. The lowest BCUT2D eigenvalue weighted by Crippen LogP contribution is -2.35. The summed E-state index contributed by atoms with van der Waals surface area (Å²) in [6.07, 6.45) is 2.14. The zero-order valence-corrected chi connectivity index (χ0v) is 10.7. The molecule has 1 N–H and O–H groups in total. The number of hydrogen-bond acceptors (Lipinski definition) is 3. The molecule has 1 aromatic rings. The van der Waals surface area contributed by atoms with E-state index in [1.807, 2.05) is 17.8 Å². The maximum Gasteiger partial charge on any atom is 0.124 e. The predicted octanol–water partition coefficient (Wildman–Crippen LogP) is 2.71. The first-order valence-corrected chi connectivity index (χ1v) is 7.16. The number of hydrogen-bond donors (Lipinski definition) is 1. The number of nitrogens with one attached hydrogen (secondary N) is 1. The van der Waals surface area contributed by atoms with Crippen molar-refractivity contribution in [1.82, 2.24) is 5.32 Å². The minimum atomic E-state index is 0.442. The fourth-order valence-corrected chi connectivity index (χ4v) is 2.44. The van der Waals surface area contributed by atoms with Gasteiger partial charge in [0.15, 0.2) is 0 Å². The molecular weight excluding hydrogens is 218 g/mol. The van der Waals surface area contributed by atoms with E-state index in [1.54, 1.807) is 0 Å². The molecule has 0 fully saturated rings. The molecule has 0 saturated carbocycles. The fraction of sp³-hybridized carbons (Fsp3) is 0.538. The van der Waals surface area contributed by atoms with Crippen LogP contribution < -0.4 is 10.1 Å². The van der Waals surface area contributed by atoms with E-state index in [1.165, 1.54) is 5.56 Å². The molecule has 88 valence electrons. The van der Waals surface area contributed by atoms with E-state index in [0.29, 0.717) is 12.0 Å². The molecule has 1 aliphatic rings. The van der Waals surface area contributed by atoms with Crippen molar-refractivity contribution in [3.63, 3.8) is 0 Å². The third-order valence-corrected chi connectivity index (χ3v) is 3.61. The van der Waals surface area contributed by atoms with Crippen molar-refractivity contribution in [2.24, 2.45) is 5.92 Å². The molecule has 1 heterocycles. The molecule has 16 heavy (non-hydrogen) atoms. The summed E-state index contributed by atoms with van der Waals surface area (Å²) >= 11 is 1.88. The summed E-state index contributed by atoms with van der Waals surface area (Å²) in [6, 6.07) is 8.79. The zero-order valence-electron chi connectivity index (χ0n) is 9.90. The molecule has 1 aliphatic heterocycles. The van der Waals surface area contributed by atoms with Crippen molar-refractivity contribution < 1.29 is 4.74 Å². The normalized spacial score (nSPS) is 23.6. The highest BCUT2D eigenvalue weighted by Gasteiger charge is 2.26. The molecule has 0 saturated heterocycles. The molecule has 1 aromatic carbocycles. The van der Waals surface area contributed by atoms with Gasteiger partial charge >= 0.3 is 0 Å². The van der Waals surface area contributed by atoms with Crippen molar-refractivity contribution >= 4 is 11.8 Å². The second-order valence-corrected chi connectivity index (χ2v) is 5.24. The fourth-order valence-electron chi connectivity index (χ4n) is 2.12. The summed E-state index contributed by atoms with van der Waals surface area (Å²) in [5.41, 5.74) is 1.31. The summed E-state index contributed by atoms with van der Waals surface area (Å²) in [5, 5.41) is 3.63. The topological polar surface area (TPSA) is 21.3 Å². The molecule has 2 unspecified atom stereocenters. The largest absolute Gasteiger partial charge is 0.493 e. The molecular formula is C13H19NOS. The smallest absolute Gasteiger partial charge is 0.124 e. The quantitative estimate of drug-likeness (QED) is 0.814. The van der Waals surface area contributed by atoms with E-state index < -0.39 is 0 Å². The maximum atomic E-state index is 5.73. The number of thioether (sulfide) groups is 1. The minimum Gasteiger partial charge on any atom is -0.493 e. The number of ether oxygens (including phenoxy) is 1. The molecule has 0 spiro atoms. The van der Waals surface area contributed by atoms with Crippen molar-refractivity contribution in [3.8, 4) is 5.75 Å². The molecule has 0 aromatic heterocycles. The van der Waals surface area contributed by atoms with Gasteiger partial charge in [-0.25, -0.2) is 0 Å². The van der Waals surface area contributed by atoms with Gasteiger partial charge in [-0.2, -0.15) is 11.8 Å². The number of para-hydroxylation sites is 1. The van der Waals surface area contributed by atoms with Crippen LogP contribution >= 0.6 is 11.8 Å². The summed E-state index contributed by atoms with van der Waals surface area (Å²) < 4.78 is 5.73. The molecule has 2 rings (SSSR count). The molecule has 0 radical (unpaired) electrons. The van der Waals surface area contributed by atoms with Crippen molar-refractivity contribution in [1.29, 1.82) is 0 Å². The summed E-state index contributed by atoms with van der Waals surface area (Å²) in [7, 11) is 0. The van der Waals surface area contributed by atoms with Crippen LogP contribution in [0.2, 0.25) is 0 Å². The number of benzene rings is 1. The van der Waals surface area contributed by atoms with Gasteiger partial charge in [-0.3, -0.25) is 0 Å². The number of rotatable bonds is 4. The van der Waals surface area contributed by atoms with Crippen LogP contribution in [0.15, 0.2) is 24.3 Å². The molecule has 2 nitrogen and oxygen atoms in total. The van der Waals surface area contributed by atoms with E-state index in [-0.39, 0.29) is 0 Å². The Balaban J connectivity index is 2.10. The van der Waals surface area contributed by atoms with E-state index in [4.69, 9.17) is 4.74 Å². The maximum absolute atomic E-state index is 5.73. The predicted molar refractivity (Wildman–Crippen MR) is 70.2 cm³/mol. The van der Waals surface area contributed by atoms with E-state index in [0.717, 1.165) is 24.7 Å². The van der Waals surface area contributed by atoms with Gasteiger partial charge in [0, 0.05) is 29.8 Å². The van der Waals surface area contributed by atoms with Crippen molar-refractivity contribution in [2.75, 3.05) is 25.2 Å². The Morgan fingerprint density at radius 2 is 2.25 bits per heavy atom. The molecule has 0 amide bonds. The Kier molecular flexibility index (Phi) is 4.13. The first-order chi connectivity index (χ1) is 7.83. The second kappa shape index (κ2) is 5.60. The van der Waals surface area contributed by atoms with Crippen molar-refractivity contribution in [2.45, 2.75) is 13.0 Å². The van der Waals surface area contributed by atoms with Gasteiger partial charge in [0.05, 0.1) is 6.61 Å². The van der Waals surface area contributed by atoms with Crippen LogP contribution in [0.1, 0.15) is 18.5 Å². The lowest BCUT2D eigenvalue weighted by Gasteiger charge is -2.32. The highest BCUT2D eigenvalue weighted by atomic mass is 32.2. The number of fused-ring (bicyclic) bond motifs is 1. The van der Waals surface area contributed by atoms with Crippen LogP contribution in [0, 0.1) is 5.92 Å².